The molecular weight excluding hydrogens is 234 g/mol. The lowest BCUT2D eigenvalue weighted by Gasteiger charge is -2.45. The topological polar surface area (TPSA) is 46.2 Å². The van der Waals surface area contributed by atoms with Crippen molar-refractivity contribution >= 4 is 0 Å². The molecule has 1 aromatic carbocycles. The highest BCUT2D eigenvalue weighted by Gasteiger charge is 2.52. The van der Waals surface area contributed by atoms with Gasteiger partial charge in [-0.05, 0) is 37.2 Å². The van der Waals surface area contributed by atoms with Crippen molar-refractivity contribution in [2.75, 3.05) is 6.54 Å². The SMILES string of the molecule is CCC1CCC(CN)(C(O)(CC)c2ccccc2)C1. The molecule has 106 valence electrons. The van der Waals surface area contributed by atoms with Crippen molar-refractivity contribution in [3.8, 4) is 0 Å². The summed E-state index contributed by atoms with van der Waals surface area (Å²) in [5, 5.41) is 11.4. The number of hydrogen-bond acceptors (Lipinski definition) is 2. The molecule has 1 fully saturated rings. The lowest BCUT2D eigenvalue weighted by molar-refractivity contribution is -0.0903. The maximum Gasteiger partial charge on any atom is 0.0961 e. The average Bonchev–Trinajstić information content (AvgIpc) is 2.92. The Morgan fingerprint density at radius 3 is 2.47 bits per heavy atom. The molecule has 2 nitrogen and oxygen atoms in total. The van der Waals surface area contributed by atoms with Crippen LogP contribution in [-0.4, -0.2) is 11.7 Å². The van der Waals surface area contributed by atoms with Crippen molar-refractivity contribution in [3.63, 3.8) is 0 Å². The van der Waals surface area contributed by atoms with Crippen molar-refractivity contribution in [3.05, 3.63) is 35.9 Å². The zero-order valence-corrected chi connectivity index (χ0v) is 12.2. The monoisotopic (exact) mass is 261 g/mol. The van der Waals surface area contributed by atoms with Crippen molar-refractivity contribution < 1.29 is 5.11 Å². The predicted octanol–water partition coefficient (Wildman–Crippen LogP) is 3.44. The smallest absolute Gasteiger partial charge is 0.0961 e. The van der Waals surface area contributed by atoms with Gasteiger partial charge < -0.3 is 10.8 Å². The maximum absolute atomic E-state index is 11.4. The molecule has 0 heterocycles. The Morgan fingerprint density at radius 2 is 2.00 bits per heavy atom. The summed E-state index contributed by atoms with van der Waals surface area (Å²) in [6.45, 7) is 4.89. The number of hydrogen-bond donors (Lipinski definition) is 2. The second-order valence-corrected chi connectivity index (χ2v) is 6.08. The third-order valence-electron chi connectivity index (χ3n) is 5.32. The van der Waals surface area contributed by atoms with E-state index in [0.29, 0.717) is 12.5 Å². The molecule has 0 spiro atoms. The Hall–Kier alpha value is -0.860. The molecule has 0 aliphatic heterocycles. The Morgan fingerprint density at radius 1 is 1.32 bits per heavy atom. The van der Waals surface area contributed by atoms with Gasteiger partial charge in [0.05, 0.1) is 5.60 Å². The first-order chi connectivity index (χ1) is 9.12. The van der Waals surface area contributed by atoms with Gasteiger partial charge in [-0.15, -0.1) is 0 Å². The fourth-order valence-electron chi connectivity index (χ4n) is 3.91. The van der Waals surface area contributed by atoms with Crippen molar-refractivity contribution in [1.82, 2.24) is 0 Å². The van der Waals surface area contributed by atoms with Crippen LogP contribution in [0.3, 0.4) is 0 Å². The van der Waals surface area contributed by atoms with Gasteiger partial charge in [0.15, 0.2) is 0 Å². The molecule has 1 aromatic rings. The Balaban J connectivity index is 2.39. The predicted molar refractivity (Wildman–Crippen MR) is 79.7 cm³/mol. The van der Waals surface area contributed by atoms with E-state index in [1.165, 1.54) is 12.8 Å². The van der Waals surface area contributed by atoms with Gasteiger partial charge in [-0.25, -0.2) is 0 Å². The number of nitrogens with two attached hydrogens (primary N) is 1. The molecule has 0 aromatic heterocycles. The number of aliphatic hydroxyl groups is 1. The minimum absolute atomic E-state index is 0.149. The Labute approximate surface area is 117 Å². The summed E-state index contributed by atoms with van der Waals surface area (Å²) in [6.07, 6.45) is 5.21. The molecule has 0 radical (unpaired) electrons. The molecule has 1 saturated carbocycles. The van der Waals surface area contributed by atoms with Gasteiger partial charge in [0.25, 0.3) is 0 Å². The van der Waals surface area contributed by atoms with Crippen LogP contribution < -0.4 is 5.73 Å². The van der Waals surface area contributed by atoms with Crippen LogP contribution in [0.2, 0.25) is 0 Å². The van der Waals surface area contributed by atoms with E-state index in [1.807, 2.05) is 30.3 Å². The van der Waals surface area contributed by atoms with Crippen molar-refractivity contribution in [2.45, 2.75) is 51.6 Å². The molecule has 1 aliphatic carbocycles. The highest BCUT2D eigenvalue weighted by Crippen LogP contribution is 2.54. The minimum Gasteiger partial charge on any atom is -0.385 e. The first kappa shape index (κ1) is 14.5. The normalized spacial score (nSPS) is 30.2. The second-order valence-electron chi connectivity index (χ2n) is 6.08. The molecule has 0 saturated heterocycles. The fraction of sp³-hybridized carbons (Fsp3) is 0.647. The average molecular weight is 261 g/mol. The van der Waals surface area contributed by atoms with Crippen LogP contribution in [0, 0.1) is 11.3 Å². The van der Waals surface area contributed by atoms with Crippen molar-refractivity contribution in [2.24, 2.45) is 17.1 Å². The van der Waals surface area contributed by atoms with E-state index < -0.39 is 5.60 Å². The highest BCUT2D eigenvalue weighted by molar-refractivity contribution is 5.26. The van der Waals surface area contributed by atoms with E-state index in [2.05, 4.69) is 13.8 Å². The van der Waals surface area contributed by atoms with Crippen LogP contribution >= 0.6 is 0 Å². The van der Waals surface area contributed by atoms with Crippen LogP contribution in [-0.2, 0) is 5.60 Å². The third kappa shape index (κ3) is 2.32. The second kappa shape index (κ2) is 5.64. The summed E-state index contributed by atoms with van der Waals surface area (Å²) in [7, 11) is 0. The van der Waals surface area contributed by atoms with E-state index in [9.17, 15) is 5.11 Å². The Bertz CT molecular complexity index is 405. The quantitative estimate of drug-likeness (QED) is 0.853. The van der Waals surface area contributed by atoms with E-state index >= 15 is 0 Å². The molecule has 0 bridgehead atoms. The first-order valence-electron chi connectivity index (χ1n) is 7.60. The van der Waals surface area contributed by atoms with Gasteiger partial charge in [-0.3, -0.25) is 0 Å². The van der Waals surface area contributed by atoms with Gasteiger partial charge in [0, 0.05) is 12.0 Å². The standard InChI is InChI=1S/C17H27NO/c1-3-14-10-11-16(12-14,13-18)17(19,4-2)15-8-6-5-7-9-15/h5-9,14,19H,3-4,10-13,18H2,1-2H3. The largest absolute Gasteiger partial charge is 0.385 e. The van der Waals surface area contributed by atoms with E-state index in [1.54, 1.807) is 0 Å². The molecule has 0 amide bonds. The van der Waals surface area contributed by atoms with E-state index in [-0.39, 0.29) is 5.41 Å². The summed E-state index contributed by atoms with van der Waals surface area (Å²) in [5.74, 6) is 0.713. The zero-order chi connectivity index (χ0) is 13.9. The van der Waals surface area contributed by atoms with Gasteiger partial charge in [0.2, 0.25) is 0 Å². The summed E-state index contributed by atoms with van der Waals surface area (Å²) in [5.41, 5.74) is 6.22. The maximum atomic E-state index is 11.4. The molecular formula is C17H27NO. The minimum atomic E-state index is -0.785. The highest BCUT2D eigenvalue weighted by atomic mass is 16.3. The summed E-state index contributed by atoms with van der Waals surface area (Å²) < 4.78 is 0. The molecule has 19 heavy (non-hydrogen) atoms. The molecule has 3 N–H and O–H groups in total. The van der Waals surface area contributed by atoms with Crippen LogP contribution in [0.1, 0.15) is 51.5 Å². The lowest BCUT2D eigenvalue weighted by atomic mass is 9.65. The molecule has 3 unspecified atom stereocenters. The summed E-state index contributed by atoms with van der Waals surface area (Å²) in [6, 6.07) is 10.1. The van der Waals surface area contributed by atoms with E-state index in [4.69, 9.17) is 5.73 Å². The van der Waals surface area contributed by atoms with Crippen molar-refractivity contribution in [1.29, 1.82) is 0 Å². The fourth-order valence-corrected chi connectivity index (χ4v) is 3.91. The molecule has 3 atom stereocenters. The first-order valence-corrected chi connectivity index (χ1v) is 7.60. The third-order valence-corrected chi connectivity index (χ3v) is 5.32. The lowest BCUT2D eigenvalue weighted by Crippen LogP contribution is -2.48. The van der Waals surface area contributed by atoms with Crippen LogP contribution in [0.15, 0.2) is 30.3 Å². The zero-order valence-electron chi connectivity index (χ0n) is 12.2. The van der Waals surface area contributed by atoms with Gasteiger partial charge in [-0.2, -0.15) is 0 Å². The van der Waals surface area contributed by atoms with Gasteiger partial charge in [-0.1, -0.05) is 50.6 Å². The summed E-state index contributed by atoms with van der Waals surface area (Å²) in [4.78, 5) is 0. The molecule has 1 aliphatic rings. The summed E-state index contributed by atoms with van der Waals surface area (Å²) >= 11 is 0. The van der Waals surface area contributed by atoms with Crippen LogP contribution in [0.25, 0.3) is 0 Å². The van der Waals surface area contributed by atoms with Crippen LogP contribution in [0.4, 0.5) is 0 Å². The number of benzene rings is 1. The Kier molecular flexibility index (Phi) is 4.32. The molecule has 2 heteroatoms. The molecule has 2 rings (SSSR count). The van der Waals surface area contributed by atoms with Gasteiger partial charge in [0.1, 0.15) is 0 Å². The number of rotatable bonds is 5. The van der Waals surface area contributed by atoms with E-state index in [0.717, 1.165) is 24.8 Å². The van der Waals surface area contributed by atoms with Crippen LogP contribution in [0.5, 0.6) is 0 Å². The van der Waals surface area contributed by atoms with Gasteiger partial charge >= 0.3 is 0 Å².